The molecule has 92 valence electrons. The summed E-state index contributed by atoms with van der Waals surface area (Å²) in [6.07, 6.45) is 2.33. The molecule has 0 bridgehead atoms. The smallest absolute Gasteiger partial charge is 0.122 e. The molecule has 17 heavy (non-hydrogen) atoms. The number of rotatable bonds is 3. The molecule has 0 aromatic heterocycles. The summed E-state index contributed by atoms with van der Waals surface area (Å²) in [6.45, 7) is 4.22. The van der Waals surface area contributed by atoms with Gasteiger partial charge in [0.1, 0.15) is 5.75 Å². The van der Waals surface area contributed by atoms with Crippen LogP contribution in [0.3, 0.4) is 0 Å². The Morgan fingerprint density at radius 2 is 2.41 bits per heavy atom. The molecule has 0 spiro atoms. The van der Waals surface area contributed by atoms with Crippen LogP contribution in [0.25, 0.3) is 0 Å². The van der Waals surface area contributed by atoms with Gasteiger partial charge in [0.15, 0.2) is 0 Å². The van der Waals surface area contributed by atoms with E-state index in [1.807, 2.05) is 0 Å². The molecule has 2 aliphatic rings. The van der Waals surface area contributed by atoms with Gasteiger partial charge in [-0.3, -0.25) is 0 Å². The highest BCUT2D eigenvalue weighted by Gasteiger charge is 2.18. The zero-order chi connectivity index (χ0) is 11.7. The van der Waals surface area contributed by atoms with Gasteiger partial charge >= 0.3 is 0 Å². The fourth-order valence-corrected chi connectivity index (χ4v) is 2.71. The molecule has 1 fully saturated rings. The summed E-state index contributed by atoms with van der Waals surface area (Å²) in [7, 11) is 2.19. The predicted octanol–water partition coefficient (Wildman–Crippen LogP) is 1.42. The van der Waals surface area contributed by atoms with E-state index < -0.39 is 0 Å². The Kier molecular flexibility index (Phi) is 3.04. The van der Waals surface area contributed by atoms with Crippen molar-refractivity contribution in [2.45, 2.75) is 25.4 Å². The van der Waals surface area contributed by atoms with E-state index in [-0.39, 0.29) is 0 Å². The number of hydrogen-bond donors (Lipinski definition) is 1. The lowest BCUT2D eigenvalue weighted by molar-refractivity contribution is 0.357. The number of hydrogen-bond acceptors (Lipinski definition) is 3. The second kappa shape index (κ2) is 4.67. The molecule has 1 aromatic carbocycles. The number of fused-ring (bicyclic) bond motifs is 1. The maximum absolute atomic E-state index is 5.52. The third-order valence-corrected chi connectivity index (χ3v) is 3.74. The lowest BCUT2D eigenvalue weighted by atomic mass is 10.1. The standard InChI is InChI=1S/C14H20N2O/c1-16-6-4-13(10-16)15-9-11-2-3-14-12(8-11)5-7-17-14/h2-3,8,13,15H,4-7,9-10H2,1H3. The first kappa shape index (κ1) is 11.1. The lowest BCUT2D eigenvalue weighted by Gasteiger charge is -2.13. The average Bonchev–Trinajstić information content (AvgIpc) is 2.94. The van der Waals surface area contributed by atoms with Crippen LogP contribution in [0.1, 0.15) is 17.5 Å². The molecule has 1 N–H and O–H groups in total. The molecule has 1 atom stereocenters. The van der Waals surface area contributed by atoms with E-state index in [1.54, 1.807) is 0 Å². The van der Waals surface area contributed by atoms with Crippen LogP contribution in [0.15, 0.2) is 18.2 Å². The number of likely N-dealkylation sites (tertiary alicyclic amines) is 1. The van der Waals surface area contributed by atoms with Gasteiger partial charge in [0.2, 0.25) is 0 Å². The molecule has 3 heteroatoms. The maximum atomic E-state index is 5.52. The largest absolute Gasteiger partial charge is 0.493 e. The number of nitrogens with one attached hydrogen (secondary N) is 1. The predicted molar refractivity (Wildman–Crippen MR) is 68.4 cm³/mol. The summed E-state index contributed by atoms with van der Waals surface area (Å²) in [5.74, 6) is 1.08. The molecule has 0 radical (unpaired) electrons. The van der Waals surface area contributed by atoms with Gasteiger partial charge in [0, 0.05) is 25.6 Å². The molecule has 1 saturated heterocycles. The molecule has 2 aliphatic heterocycles. The number of ether oxygens (including phenoxy) is 1. The van der Waals surface area contributed by atoms with E-state index in [1.165, 1.54) is 30.6 Å². The first-order valence-corrected chi connectivity index (χ1v) is 6.48. The summed E-state index contributed by atoms with van der Waals surface area (Å²) in [5.41, 5.74) is 2.75. The molecule has 0 amide bonds. The third kappa shape index (κ3) is 2.45. The normalized spacial score (nSPS) is 23.7. The average molecular weight is 232 g/mol. The van der Waals surface area contributed by atoms with Crippen LogP contribution in [0.2, 0.25) is 0 Å². The van der Waals surface area contributed by atoms with Gasteiger partial charge in [-0.15, -0.1) is 0 Å². The van der Waals surface area contributed by atoms with Crippen molar-refractivity contribution in [3.05, 3.63) is 29.3 Å². The van der Waals surface area contributed by atoms with Gasteiger partial charge in [-0.2, -0.15) is 0 Å². The molecule has 0 saturated carbocycles. The van der Waals surface area contributed by atoms with Crippen molar-refractivity contribution in [3.8, 4) is 5.75 Å². The summed E-state index contributed by atoms with van der Waals surface area (Å²) < 4.78 is 5.52. The van der Waals surface area contributed by atoms with E-state index >= 15 is 0 Å². The highest BCUT2D eigenvalue weighted by atomic mass is 16.5. The van der Waals surface area contributed by atoms with Crippen molar-refractivity contribution in [2.75, 3.05) is 26.7 Å². The summed E-state index contributed by atoms with van der Waals surface area (Å²) >= 11 is 0. The molecule has 3 nitrogen and oxygen atoms in total. The first-order valence-electron chi connectivity index (χ1n) is 6.48. The Morgan fingerprint density at radius 1 is 1.47 bits per heavy atom. The van der Waals surface area contributed by atoms with Crippen molar-refractivity contribution in [2.24, 2.45) is 0 Å². The summed E-state index contributed by atoms with van der Waals surface area (Å²) in [6, 6.07) is 7.23. The number of likely N-dealkylation sites (N-methyl/N-ethyl adjacent to an activating group) is 1. The van der Waals surface area contributed by atoms with Gasteiger partial charge in [-0.1, -0.05) is 12.1 Å². The Balaban J connectivity index is 1.58. The zero-order valence-corrected chi connectivity index (χ0v) is 10.4. The Morgan fingerprint density at radius 3 is 3.24 bits per heavy atom. The minimum absolute atomic E-state index is 0.657. The van der Waals surface area contributed by atoms with Gasteiger partial charge in [-0.05, 0) is 37.2 Å². The van der Waals surface area contributed by atoms with Crippen LogP contribution >= 0.6 is 0 Å². The minimum atomic E-state index is 0.657. The van der Waals surface area contributed by atoms with Crippen LogP contribution in [-0.2, 0) is 13.0 Å². The van der Waals surface area contributed by atoms with Crippen molar-refractivity contribution in [1.29, 1.82) is 0 Å². The van der Waals surface area contributed by atoms with Crippen molar-refractivity contribution in [1.82, 2.24) is 10.2 Å². The Hall–Kier alpha value is -1.06. The highest BCUT2D eigenvalue weighted by Crippen LogP contribution is 2.25. The molecule has 1 aromatic rings. The van der Waals surface area contributed by atoms with E-state index in [9.17, 15) is 0 Å². The van der Waals surface area contributed by atoms with E-state index in [2.05, 4.69) is 35.5 Å². The number of nitrogens with zero attached hydrogens (tertiary/aromatic N) is 1. The Labute approximate surface area is 103 Å². The Bertz CT molecular complexity index is 405. The van der Waals surface area contributed by atoms with E-state index in [0.29, 0.717) is 6.04 Å². The lowest BCUT2D eigenvalue weighted by Crippen LogP contribution is -2.30. The highest BCUT2D eigenvalue weighted by molar-refractivity contribution is 5.39. The molecular formula is C14H20N2O. The molecule has 0 aliphatic carbocycles. The third-order valence-electron chi connectivity index (χ3n) is 3.74. The molecule has 2 heterocycles. The minimum Gasteiger partial charge on any atom is -0.493 e. The van der Waals surface area contributed by atoms with Crippen molar-refractivity contribution >= 4 is 0 Å². The number of benzene rings is 1. The van der Waals surface area contributed by atoms with Gasteiger partial charge in [0.25, 0.3) is 0 Å². The van der Waals surface area contributed by atoms with Crippen molar-refractivity contribution < 1.29 is 4.74 Å². The van der Waals surface area contributed by atoms with Crippen molar-refractivity contribution in [3.63, 3.8) is 0 Å². The van der Waals surface area contributed by atoms with Crippen LogP contribution in [0.4, 0.5) is 0 Å². The van der Waals surface area contributed by atoms with Gasteiger partial charge in [-0.25, -0.2) is 0 Å². The quantitative estimate of drug-likeness (QED) is 0.853. The molecule has 3 rings (SSSR count). The SMILES string of the molecule is CN1CCC(NCc2ccc3c(c2)CCO3)C1. The summed E-state index contributed by atoms with van der Waals surface area (Å²) in [5, 5.41) is 3.64. The second-order valence-electron chi connectivity index (χ2n) is 5.17. The van der Waals surface area contributed by atoms with E-state index in [0.717, 1.165) is 25.3 Å². The molecule has 1 unspecified atom stereocenters. The fourth-order valence-electron chi connectivity index (χ4n) is 2.71. The van der Waals surface area contributed by atoms with Crippen LogP contribution in [0.5, 0.6) is 5.75 Å². The first-order chi connectivity index (χ1) is 8.31. The van der Waals surface area contributed by atoms with Crippen LogP contribution < -0.4 is 10.1 Å². The van der Waals surface area contributed by atoms with Crippen LogP contribution in [0, 0.1) is 0 Å². The molecular weight excluding hydrogens is 212 g/mol. The maximum Gasteiger partial charge on any atom is 0.122 e. The topological polar surface area (TPSA) is 24.5 Å². The summed E-state index contributed by atoms with van der Waals surface area (Å²) in [4.78, 5) is 2.38. The zero-order valence-electron chi connectivity index (χ0n) is 10.4. The van der Waals surface area contributed by atoms with Crippen LogP contribution in [-0.4, -0.2) is 37.7 Å². The van der Waals surface area contributed by atoms with E-state index in [4.69, 9.17) is 4.74 Å². The van der Waals surface area contributed by atoms with Gasteiger partial charge in [0.05, 0.1) is 6.61 Å². The van der Waals surface area contributed by atoms with Gasteiger partial charge < -0.3 is 15.0 Å². The monoisotopic (exact) mass is 232 g/mol. The second-order valence-corrected chi connectivity index (χ2v) is 5.17. The fraction of sp³-hybridized carbons (Fsp3) is 0.571.